The third-order valence-corrected chi connectivity index (χ3v) is 2.65. The molecule has 92 valence electrons. The van der Waals surface area contributed by atoms with Gasteiger partial charge in [0.05, 0.1) is 0 Å². The molecule has 17 heavy (non-hydrogen) atoms. The van der Waals surface area contributed by atoms with Crippen molar-refractivity contribution in [3.63, 3.8) is 0 Å². The Kier molecular flexibility index (Phi) is 4.47. The summed E-state index contributed by atoms with van der Waals surface area (Å²) >= 11 is 0. The maximum Gasteiger partial charge on any atom is 0.142 e. The number of pyridine rings is 1. The molecule has 4 nitrogen and oxygen atoms in total. The van der Waals surface area contributed by atoms with Crippen LogP contribution in [0.25, 0.3) is 0 Å². The molecule has 0 aliphatic rings. The number of hydrogen-bond donors (Lipinski definition) is 2. The van der Waals surface area contributed by atoms with Crippen LogP contribution in [0.15, 0.2) is 18.2 Å². The van der Waals surface area contributed by atoms with Crippen LogP contribution < -0.4 is 5.32 Å². The zero-order valence-electron chi connectivity index (χ0n) is 10.6. The first-order valence-electron chi connectivity index (χ1n) is 5.72. The molecule has 0 spiro atoms. The number of aromatic nitrogens is 1. The van der Waals surface area contributed by atoms with Gasteiger partial charge in [0.25, 0.3) is 0 Å². The summed E-state index contributed by atoms with van der Waals surface area (Å²) in [5.74, 6) is 0.678. The van der Waals surface area contributed by atoms with E-state index in [2.05, 4.69) is 31.1 Å². The van der Waals surface area contributed by atoms with E-state index in [1.807, 2.05) is 12.1 Å². The number of nitrogens with zero attached hydrogens (tertiary/aromatic N) is 2. The minimum atomic E-state index is 0.0209. The van der Waals surface area contributed by atoms with Crippen molar-refractivity contribution in [1.29, 1.82) is 5.26 Å². The number of aliphatic hydroxyl groups excluding tert-OH is 1. The molecule has 0 fully saturated rings. The van der Waals surface area contributed by atoms with E-state index in [1.165, 1.54) is 0 Å². The monoisotopic (exact) mass is 233 g/mol. The molecule has 1 atom stereocenters. The SMILES string of the molecule is CC(C)(C)C(CCO)Nc1cccc(C#N)n1. The van der Waals surface area contributed by atoms with Crippen LogP contribution in [-0.4, -0.2) is 22.7 Å². The number of aliphatic hydroxyl groups is 1. The molecular formula is C13H19N3O. The van der Waals surface area contributed by atoms with Gasteiger partial charge in [-0.05, 0) is 24.0 Å². The van der Waals surface area contributed by atoms with Crippen molar-refractivity contribution < 1.29 is 5.11 Å². The minimum absolute atomic E-state index is 0.0209. The number of hydrogen-bond acceptors (Lipinski definition) is 4. The molecule has 1 aromatic heterocycles. The highest BCUT2D eigenvalue weighted by atomic mass is 16.3. The van der Waals surface area contributed by atoms with Gasteiger partial charge in [0.1, 0.15) is 17.6 Å². The second kappa shape index (κ2) is 5.65. The Morgan fingerprint density at radius 2 is 2.18 bits per heavy atom. The largest absolute Gasteiger partial charge is 0.396 e. The summed E-state index contributed by atoms with van der Waals surface area (Å²) in [6, 6.07) is 7.43. The van der Waals surface area contributed by atoms with Crippen LogP contribution in [0, 0.1) is 16.7 Å². The Morgan fingerprint density at radius 1 is 1.47 bits per heavy atom. The first-order valence-corrected chi connectivity index (χ1v) is 5.72. The van der Waals surface area contributed by atoms with Gasteiger partial charge in [0.2, 0.25) is 0 Å². The van der Waals surface area contributed by atoms with Gasteiger partial charge in [-0.25, -0.2) is 4.98 Å². The number of rotatable bonds is 4. The fourth-order valence-corrected chi connectivity index (χ4v) is 1.61. The van der Waals surface area contributed by atoms with Gasteiger partial charge in [-0.2, -0.15) is 5.26 Å². The maximum absolute atomic E-state index is 9.07. The summed E-state index contributed by atoms with van der Waals surface area (Å²) in [7, 11) is 0. The van der Waals surface area contributed by atoms with Gasteiger partial charge in [-0.1, -0.05) is 26.8 Å². The summed E-state index contributed by atoms with van der Waals surface area (Å²) in [6.45, 7) is 6.45. The van der Waals surface area contributed by atoms with E-state index in [9.17, 15) is 0 Å². The molecule has 1 aromatic rings. The third-order valence-electron chi connectivity index (χ3n) is 2.65. The highest BCUT2D eigenvalue weighted by molar-refractivity contribution is 5.39. The highest BCUT2D eigenvalue weighted by Crippen LogP contribution is 2.24. The van der Waals surface area contributed by atoms with Crippen molar-refractivity contribution in [3.05, 3.63) is 23.9 Å². The van der Waals surface area contributed by atoms with Gasteiger partial charge >= 0.3 is 0 Å². The van der Waals surface area contributed by atoms with Crippen molar-refractivity contribution in [2.45, 2.75) is 33.2 Å². The van der Waals surface area contributed by atoms with Crippen molar-refractivity contribution >= 4 is 5.82 Å². The van der Waals surface area contributed by atoms with Gasteiger partial charge < -0.3 is 10.4 Å². The van der Waals surface area contributed by atoms with Gasteiger partial charge in [0, 0.05) is 12.6 Å². The van der Waals surface area contributed by atoms with E-state index in [0.717, 1.165) is 0 Å². The van der Waals surface area contributed by atoms with Gasteiger partial charge in [-0.3, -0.25) is 0 Å². The van der Waals surface area contributed by atoms with E-state index >= 15 is 0 Å². The average molecular weight is 233 g/mol. The number of nitrogens with one attached hydrogen (secondary N) is 1. The lowest BCUT2D eigenvalue weighted by Crippen LogP contribution is -2.35. The fraction of sp³-hybridized carbons (Fsp3) is 0.538. The van der Waals surface area contributed by atoms with Crippen LogP contribution in [-0.2, 0) is 0 Å². The molecule has 1 rings (SSSR count). The molecule has 0 bridgehead atoms. The summed E-state index contributed by atoms with van der Waals surface area (Å²) in [5, 5.41) is 21.1. The molecule has 0 aromatic carbocycles. The fourth-order valence-electron chi connectivity index (χ4n) is 1.61. The van der Waals surface area contributed by atoms with Crippen LogP contribution in [0.3, 0.4) is 0 Å². The standard InChI is InChI=1S/C13H19N3O/c1-13(2,3)11(7-8-17)16-12-6-4-5-10(9-14)15-12/h4-6,11,17H,7-8H2,1-3H3,(H,15,16). The van der Waals surface area contributed by atoms with Crippen LogP contribution in [0.4, 0.5) is 5.82 Å². The molecule has 0 amide bonds. The number of anilines is 1. The van der Waals surface area contributed by atoms with E-state index in [4.69, 9.17) is 10.4 Å². The van der Waals surface area contributed by atoms with Crippen LogP contribution >= 0.6 is 0 Å². The molecule has 1 heterocycles. The normalized spacial score (nSPS) is 12.9. The molecule has 0 saturated carbocycles. The lowest BCUT2D eigenvalue weighted by molar-refractivity contribution is 0.235. The van der Waals surface area contributed by atoms with Crippen molar-refractivity contribution in [1.82, 2.24) is 4.98 Å². The Labute approximate surface area is 102 Å². The van der Waals surface area contributed by atoms with E-state index in [-0.39, 0.29) is 18.1 Å². The quantitative estimate of drug-likeness (QED) is 0.836. The first-order chi connectivity index (χ1) is 7.97. The first kappa shape index (κ1) is 13.5. The van der Waals surface area contributed by atoms with Crippen LogP contribution in [0.2, 0.25) is 0 Å². The zero-order valence-corrected chi connectivity index (χ0v) is 10.6. The lowest BCUT2D eigenvalue weighted by Gasteiger charge is -2.31. The Morgan fingerprint density at radius 3 is 2.71 bits per heavy atom. The molecular weight excluding hydrogens is 214 g/mol. The molecule has 4 heteroatoms. The summed E-state index contributed by atoms with van der Waals surface area (Å²) in [5.41, 5.74) is 0.416. The minimum Gasteiger partial charge on any atom is -0.396 e. The lowest BCUT2D eigenvalue weighted by atomic mass is 9.85. The summed E-state index contributed by atoms with van der Waals surface area (Å²) in [6.07, 6.45) is 0.655. The van der Waals surface area contributed by atoms with E-state index < -0.39 is 0 Å². The summed E-state index contributed by atoms with van der Waals surface area (Å²) in [4.78, 5) is 4.17. The zero-order chi connectivity index (χ0) is 12.9. The van der Waals surface area contributed by atoms with Crippen molar-refractivity contribution in [2.75, 3.05) is 11.9 Å². The predicted molar refractivity (Wildman–Crippen MR) is 67.5 cm³/mol. The van der Waals surface area contributed by atoms with E-state index in [0.29, 0.717) is 17.9 Å². The molecule has 1 unspecified atom stereocenters. The molecule has 2 N–H and O–H groups in total. The smallest absolute Gasteiger partial charge is 0.142 e. The highest BCUT2D eigenvalue weighted by Gasteiger charge is 2.24. The molecule has 0 saturated heterocycles. The topological polar surface area (TPSA) is 68.9 Å². The third kappa shape index (κ3) is 4.04. The summed E-state index contributed by atoms with van der Waals surface area (Å²) < 4.78 is 0. The van der Waals surface area contributed by atoms with Gasteiger partial charge in [0.15, 0.2) is 0 Å². The van der Waals surface area contributed by atoms with Crippen LogP contribution in [0.1, 0.15) is 32.9 Å². The van der Waals surface area contributed by atoms with Crippen LogP contribution in [0.5, 0.6) is 0 Å². The average Bonchev–Trinajstić information content (AvgIpc) is 2.27. The molecule has 0 aliphatic heterocycles. The van der Waals surface area contributed by atoms with Crippen molar-refractivity contribution in [3.8, 4) is 6.07 Å². The molecule has 0 aliphatic carbocycles. The predicted octanol–water partition coefficient (Wildman–Crippen LogP) is 2.16. The second-order valence-corrected chi connectivity index (χ2v) is 5.10. The Bertz CT molecular complexity index is 404. The molecule has 0 radical (unpaired) electrons. The van der Waals surface area contributed by atoms with E-state index in [1.54, 1.807) is 12.1 Å². The maximum atomic E-state index is 9.07. The Balaban J connectivity index is 2.83. The van der Waals surface area contributed by atoms with Gasteiger partial charge in [-0.15, -0.1) is 0 Å². The van der Waals surface area contributed by atoms with Crippen molar-refractivity contribution in [2.24, 2.45) is 5.41 Å². The second-order valence-electron chi connectivity index (χ2n) is 5.10. The Hall–Kier alpha value is -1.60. The number of nitriles is 1.